The molecule has 2 N–H and O–H groups in total. The summed E-state index contributed by atoms with van der Waals surface area (Å²) in [6, 6.07) is 6.60. The number of nitrogens with one attached hydrogen (secondary N) is 1. The maximum atomic E-state index is 9.77. The summed E-state index contributed by atoms with van der Waals surface area (Å²) in [5.74, 6) is 0.683. The van der Waals surface area contributed by atoms with Gasteiger partial charge in [0, 0.05) is 12.6 Å². The van der Waals surface area contributed by atoms with Gasteiger partial charge in [0.2, 0.25) is 0 Å². The van der Waals surface area contributed by atoms with Crippen molar-refractivity contribution in [3.05, 3.63) is 28.8 Å². The summed E-state index contributed by atoms with van der Waals surface area (Å²) in [6.45, 7) is 0.858. The second-order valence-corrected chi connectivity index (χ2v) is 5.98. The second-order valence-electron chi connectivity index (χ2n) is 5.57. The Morgan fingerprint density at radius 1 is 1.26 bits per heavy atom. The van der Waals surface area contributed by atoms with E-state index in [1.165, 1.54) is 18.4 Å². The van der Waals surface area contributed by atoms with Gasteiger partial charge in [-0.15, -0.1) is 0 Å². The molecule has 1 aromatic carbocycles. The molecule has 0 spiro atoms. The normalized spacial score (nSPS) is 26.6. The number of rotatable bonds is 5. The highest BCUT2D eigenvalue weighted by atomic mass is 35.5. The molecule has 1 aromatic rings. The first-order valence-corrected chi connectivity index (χ1v) is 7.47. The average molecular weight is 282 g/mol. The molecule has 104 valence electrons. The highest BCUT2D eigenvalue weighted by Gasteiger charge is 2.27. The third kappa shape index (κ3) is 3.41. The quantitative estimate of drug-likeness (QED) is 0.872. The van der Waals surface area contributed by atoms with Crippen molar-refractivity contribution in [1.29, 1.82) is 0 Å². The molecule has 3 nitrogen and oxygen atoms in total. The van der Waals surface area contributed by atoms with Crippen LogP contribution in [0.1, 0.15) is 37.7 Å². The minimum absolute atomic E-state index is 0.104. The van der Waals surface area contributed by atoms with Crippen molar-refractivity contribution < 1.29 is 9.84 Å². The summed E-state index contributed by atoms with van der Waals surface area (Å²) in [7, 11) is 0. The fourth-order valence-corrected chi connectivity index (χ4v) is 2.75. The predicted molar refractivity (Wildman–Crippen MR) is 75.6 cm³/mol. The summed E-state index contributed by atoms with van der Waals surface area (Å²) in [5.41, 5.74) is 1.18. The van der Waals surface area contributed by atoms with Crippen molar-refractivity contribution in [2.24, 2.45) is 0 Å². The lowest BCUT2D eigenvalue weighted by Gasteiger charge is -2.18. The van der Waals surface area contributed by atoms with E-state index in [0.29, 0.717) is 16.8 Å². The van der Waals surface area contributed by atoms with Crippen LogP contribution in [0.5, 0.6) is 5.75 Å². The molecule has 0 heterocycles. The number of aliphatic hydroxyl groups is 1. The molecule has 0 bridgehead atoms. The van der Waals surface area contributed by atoms with Gasteiger partial charge in [-0.3, -0.25) is 0 Å². The molecule has 0 amide bonds. The molecule has 4 heteroatoms. The Kier molecular flexibility index (Phi) is 3.96. The van der Waals surface area contributed by atoms with Crippen LogP contribution in [0, 0.1) is 0 Å². The molecule has 0 aromatic heterocycles. The van der Waals surface area contributed by atoms with Crippen LogP contribution in [0.15, 0.2) is 18.2 Å². The van der Waals surface area contributed by atoms with E-state index in [1.54, 1.807) is 0 Å². The molecule has 0 aliphatic heterocycles. The van der Waals surface area contributed by atoms with Crippen molar-refractivity contribution in [3.63, 3.8) is 0 Å². The third-order valence-electron chi connectivity index (χ3n) is 3.86. The molecular weight excluding hydrogens is 262 g/mol. The van der Waals surface area contributed by atoms with Gasteiger partial charge in [-0.05, 0) is 49.8 Å². The van der Waals surface area contributed by atoms with Gasteiger partial charge in [0.25, 0.3) is 0 Å². The minimum Gasteiger partial charge on any atom is -0.486 e. The zero-order chi connectivity index (χ0) is 13.2. The topological polar surface area (TPSA) is 41.5 Å². The van der Waals surface area contributed by atoms with Crippen molar-refractivity contribution in [2.45, 2.75) is 56.9 Å². The first-order chi connectivity index (χ1) is 9.22. The van der Waals surface area contributed by atoms with E-state index >= 15 is 0 Å². The minimum atomic E-state index is -0.354. The van der Waals surface area contributed by atoms with Gasteiger partial charge in [-0.2, -0.15) is 0 Å². The molecule has 3 rings (SSSR count). The van der Waals surface area contributed by atoms with Crippen LogP contribution in [-0.2, 0) is 6.54 Å². The molecule has 0 saturated heterocycles. The first kappa shape index (κ1) is 13.2. The number of ether oxygens (including phenoxy) is 1. The van der Waals surface area contributed by atoms with Crippen molar-refractivity contribution in [3.8, 4) is 5.75 Å². The average Bonchev–Trinajstić information content (AvgIpc) is 3.14. The lowest BCUT2D eigenvalue weighted by Crippen LogP contribution is -2.25. The van der Waals surface area contributed by atoms with Crippen LogP contribution in [0.2, 0.25) is 5.02 Å². The van der Waals surface area contributed by atoms with Crippen molar-refractivity contribution in [1.82, 2.24) is 5.32 Å². The van der Waals surface area contributed by atoms with E-state index in [2.05, 4.69) is 5.32 Å². The van der Waals surface area contributed by atoms with Crippen molar-refractivity contribution >= 4 is 11.6 Å². The summed E-state index contributed by atoms with van der Waals surface area (Å²) in [4.78, 5) is 0. The Labute approximate surface area is 118 Å². The Balaban J connectivity index is 1.61. The second kappa shape index (κ2) is 5.70. The van der Waals surface area contributed by atoms with Gasteiger partial charge < -0.3 is 15.2 Å². The fraction of sp³-hybridized carbons (Fsp3) is 0.600. The monoisotopic (exact) mass is 281 g/mol. The molecular formula is C15H20ClNO2. The van der Waals surface area contributed by atoms with Gasteiger partial charge in [0.15, 0.2) is 0 Å². The first-order valence-electron chi connectivity index (χ1n) is 7.09. The summed E-state index contributed by atoms with van der Waals surface area (Å²) < 4.78 is 5.81. The van der Waals surface area contributed by atoms with E-state index in [-0.39, 0.29) is 12.2 Å². The number of hydrogen-bond acceptors (Lipinski definition) is 3. The molecule has 2 atom stereocenters. The van der Waals surface area contributed by atoms with E-state index in [4.69, 9.17) is 16.3 Å². The molecule has 2 aliphatic carbocycles. The number of benzene rings is 1. The molecule has 2 unspecified atom stereocenters. The zero-order valence-electron chi connectivity index (χ0n) is 10.9. The van der Waals surface area contributed by atoms with Gasteiger partial charge in [-0.1, -0.05) is 17.7 Å². The van der Waals surface area contributed by atoms with E-state index in [0.717, 1.165) is 25.8 Å². The van der Waals surface area contributed by atoms with Crippen LogP contribution < -0.4 is 10.1 Å². The largest absolute Gasteiger partial charge is 0.486 e. The molecule has 2 fully saturated rings. The van der Waals surface area contributed by atoms with Crippen LogP contribution in [-0.4, -0.2) is 23.4 Å². The Bertz CT molecular complexity index is 448. The molecule has 2 aliphatic rings. The Morgan fingerprint density at radius 2 is 2.11 bits per heavy atom. The van der Waals surface area contributed by atoms with Gasteiger partial charge in [0.05, 0.1) is 11.1 Å². The van der Waals surface area contributed by atoms with Crippen LogP contribution >= 0.6 is 11.6 Å². The number of aliphatic hydroxyl groups excluding tert-OH is 1. The Hall–Kier alpha value is -0.770. The highest BCUT2D eigenvalue weighted by Crippen LogP contribution is 2.31. The molecule has 0 radical (unpaired) electrons. The summed E-state index contributed by atoms with van der Waals surface area (Å²) >= 11 is 6.25. The Morgan fingerprint density at radius 3 is 2.74 bits per heavy atom. The van der Waals surface area contributed by atoms with Gasteiger partial charge in [0.1, 0.15) is 11.9 Å². The van der Waals surface area contributed by atoms with E-state index < -0.39 is 0 Å². The van der Waals surface area contributed by atoms with Crippen LogP contribution in [0.4, 0.5) is 0 Å². The lowest BCUT2D eigenvalue weighted by atomic mass is 10.2. The molecule has 19 heavy (non-hydrogen) atoms. The lowest BCUT2D eigenvalue weighted by molar-refractivity contribution is 0.0604. The van der Waals surface area contributed by atoms with Crippen LogP contribution in [0.25, 0.3) is 0 Å². The summed E-state index contributed by atoms with van der Waals surface area (Å²) in [6.07, 6.45) is 4.87. The maximum Gasteiger partial charge on any atom is 0.138 e. The standard InChI is InChI=1S/C15H20ClNO2/c16-12-8-10(9-17-11-5-6-11)4-7-14(12)19-15-3-1-2-13(15)18/h4,7-8,11,13,15,17-18H,1-3,5-6,9H2. The highest BCUT2D eigenvalue weighted by molar-refractivity contribution is 6.32. The molecule has 2 saturated carbocycles. The number of halogens is 1. The van der Waals surface area contributed by atoms with Crippen molar-refractivity contribution in [2.75, 3.05) is 0 Å². The SMILES string of the molecule is OC1CCCC1Oc1ccc(CNC2CC2)cc1Cl. The predicted octanol–water partition coefficient (Wildman–Crippen LogP) is 2.88. The van der Waals surface area contributed by atoms with Gasteiger partial charge in [-0.25, -0.2) is 0 Å². The number of hydrogen-bond donors (Lipinski definition) is 2. The van der Waals surface area contributed by atoms with E-state index in [1.807, 2.05) is 18.2 Å². The van der Waals surface area contributed by atoms with E-state index in [9.17, 15) is 5.11 Å². The smallest absolute Gasteiger partial charge is 0.138 e. The maximum absolute atomic E-state index is 9.77. The third-order valence-corrected chi connectivity index (χ3v) is 4.16. The van der Waals surface area contributed by atoms with Gasteiger partial charge >= 0.3 is 0 Å². The summed E-state index contributed by atoms with van der Waals surface area (Å²) in [5, 5.41) is 13.9. The van der Waals surface area contributed by atoms with Crippen LogP contribution in [0.3, 0.4) is 0 Å². The zero-order valence-corrected chi connectivity index (χ0v) is 11.7. The fourth-order valence-electron chi connectivity index (χ4n) is 2.51.